The highest BCUT2D eigenvalue weighted by Gasteiger charge is 2.16. The zero-order valence-electron chi connectivity index (χ0n) is 9.81. The first kappa shape index (κ1) is 12.5. The molecule has 1 aromatic carbocycles. The van der Waals surface area contributed by atoms with E-state index in [1.54, 1.807) is 6.92 Å². The number of hydrogen-bond donors (Lipinski definition) is 0. The van der Waals surface area contributed by atoms with Crippen LogP contribution >= 0.6 is 0 Å². The van der Waals surface area contributed by atoms with Gasteiger partial charge in [0.1, 0.15) is 5.78 Å². The van der Waals surface area contributed by atoms with Crippen LogP contribution in [0.5, 0.6) is 0 Å². The number of ketones is 1. The minimum Gasteiger partial charge on any atom is -0.298 e. The van der Waals surface area contributed by atoms with Crippen molar-refractivity contribution in [3.63, 3.8) is 0 Å². The van der Waals surface area contributed by atoms with Crippen molar-refractivity contribution in [1.29, 1.82) is 0 Å². The Morgan fingerprint density at radius 1 is 1.44 bits per heavy atom. The molecule has 1 rings (SSSR count). The summed E-state index contributed by atoms with van der Waals surface area (Å²) in [5.74, 6) is 2.74. The largest absolute Gasteiger partial charge is 0.298 e. The van der Waals surface area contributed by atoms with Gasteiger partial charge in [-0.3, -0.25) is 9.69 Å². The number of carbonyl (C=O) groups excluding carboxylic acids is 1. The number of Topliss-reactive ketones (excluding diaryl/α,β-unsaturated/α-hetero) is 1. The highest BCUT2D eigenvalue weighted by atomic mass is 16.1. The van der Waals surface area contributed by atoms with Crippen LogP contribution in [0.1, 0.15) is 19.4 Å². The molecule has 1 unspecified atom stereocenters. The first-order chi connectivity index (χ1) is 7.65. The predicted molar refractivity (Wildman–Crippen MR) is 65.8 cm³/mol. The van der Waals surface area contributed by atoms with Gasteiger partial charge >= 0.3 is 0 Å². The third-order valence-electron chi connectivity index (χ3n) is 2.66. The van der Waals surface area contributed by atoms with E-state index in [4.69, 9.17) is 6.42 Å². The number of benzene rings is 1. The summed E-state index contributed by atoms with van der Waals surface area (Å²) in [6.07, 6.45) is 5.32. The fourth-order valence-electron chi connectivity index (χ4n) is 1.52. The Hall–Kier alpha value is -1.59. The van der Waals surface area contributed by atoms with Crippen molar-refractivity contribution in [1.82, 2.24) is 4.90 Å². The molecule has 0 bridgehead atoms. The van der Waals surface area contributed by atoms with E-state index in [0.717, 1.165) is 0 Å². The first-order valence-corrected chi connectivity index (χ1v) is 5.37. The Balaban J connectivity index is 2.73. The lowest BCUT2D eigenvalue weighted by Gasteiger charge is -2.25. The Morgan fingerprint density at radius 3 is 2.56 bits per heavy atom. The Labute approximate surface area is 97.3 Å². The molecule has 0 N–H and O–H groups in total. The van der Waals surface area contributed by atoms with Gasteiger partial charge < -0.3 is 0 Å². The second-order valence-corrected chi connectivity index (χ2v) is 3.88. The predicted octanol–water partition coefficient (Wildman–Crippen LogP) is 2.10. The molecule has 0 aliphatic carbocycles. The van der Waals surface area contributed by atoms with Crippen LogP contribution in [0, 0.1) is 12.3 Å². The maximum atomic E-state index is 11.3. The van der Waals surface area contributed by atoms with E-state index in [9.17, 15) is 4.79 Å². The summed E-state index contributed by atoms with van der Waals surface area (Å²) < 4.78 is 0. The molecule has 0 amide bonds. The molecule has 0 aromatic heterocycles. The quantitative estimate of drug-likeness (QED) is 0.701. The molecular formula is C14H17NO. The zero-order chi connectivity index (χ0) is 12.0. The molecule has 1 atom stereocenters. The Morgan fingerprint density at radius 2 is 2.06 bits per heavy atom. The van der Waals surface area contributed by atoms with Gasteiger partial charge in [0.15, 0.2) is 0 Å². The van der Waals surface area contributed by atoms with Crippen LogP contribution < -0.4 is 0 Å². The third-order valence-corrected chi connectivity index (χ3v) is 2.66. The van der Waals surface area contributed by atoms with Crippen LogP contribution in [0.15, 0.2) is 30.3 Å². The maximum absolute atomic E-state index is 11.3. The second-order valence-electron chi connectivity index (χ2n) is 3.88. The molecule has 16 heavy (non-hydrogen) atoms. The van der Waals surface area contributed by atoms with Gasteiger partial charge in [-0.05, 0) is 19.4 Å². The van der Waals surface area contributed by atoms with Crippen molar-refractivity contribution in [3.8, 4) is 12.3 Å². The monoisotopic (exact) mass is 215 g/mol. The average molecular weight is 215 g/mol. The fourth-order valence-corrected chi connectivity index (χ4v) is 1.52. The minimum atomic E-state index is -0.128. The van der Waals surface area contributed by atoms with Gasteiger partial charge in [-0.1, -0.05) is 36.3 Å². The molecule has 1 aromatic rings. The summed E-state index contributed by atoms with van der Waals surface area (Å²) in [5, 5.41) is 0. The molecule has 2 nitrogen and oxygen atoms in total. The van der Waals surface area contributed by atoms with Crippen molar-refractivity contribution >= 4 is 5.78 Å². The van der Waals surface area contributed by atoms with E-state index < -0.39 is 0 Å². The first-order valence-electron chi connectivity index (χ1n) is 5.37. The molecule has 0 saturated heterocycles. The molecule has 2 heteroatoms. The molecule has 0 radical (unpaired) electrons. The molecule has 84 valence electrons. The second kappa shape index (κ2) is 6.09. The number of terminal acetylenes is 1. The number of carbonyl (C=O) groups is 1. The van der Waals surface area contributed by atoms with Crippen molar-refractivity contribution in [2.75, 3.05) is 6.54 Å². The fraction of sp³-hybridized carbons (Fsp3) is 0.357. The average Bonchev–Trinajstić information content (AvgIpc) is 2.29. The van der Waals surface area contributed by atoms with E-state index in [1.165, 1.54) is 5.56 Å². The molecular weight excluding hydrogens is 198 g/mol. The normalized spacial score (nSPS) is 12.1. The van der Waals surface area contributed by atoms with E-state index in [2.05, 4.69) is 5.92 Å². The summed E-state index contributed by atoms with van der Waals surface area (Å²) in [6.45, 7) is 4.70. The van der Waals surface area contributed by atoms with Crippen molar-refractivity contribution < 1.29 is 4.79 Å². The molecule has 0 heterocycles. The lowest BCUT2D eigenvalue weighted by Crippen LogP contribution is -2.37. The Bertz CT molecular complexity index is 377. The van der Waals surface area contributed by atoms with Gasteiger partial charge in [0.05, 0.1) is 12.6 Å². The summed E-state index contributed by atoms with van der Waals surface area (Å²) in [6, 6.07) is 9.90. The van der Waals surface area contributed by atoms with Gasteiger partial charge in [0.2, 0.25) is 0 Å². The van der Waals surface area contributed by atoms with Crippen LogP contribution in [0.4, 0.5) is 0 Å². The number of rotatable bonds is 5. The van der Waals surface area contributed by atoms with E-state index in [1.807, 2.05) is 42.2 Å². The highest BCUT2D eigenvalue weighted by molar-refractivity contribution is 5.80. The standard InChI is InChI=1S/C14H17NO/c1-4-10-15(12(2)13(3)16)11-14-8-6-5-7-9-14/h1,5-9,12H,10-11H2,2-3H3. The molecule has 0 saturated carbocycles. The van der Waals surface area contributed by atoms with Gasteiger partial charge in [-0.2, -0.15) is 0 Å². The maximum Gasteiger partial charge on any atom is 0.146 e. The molecule has 0 aliphatic heterocycles. The van der Waals surface area contributed by atoms with E-state index in [0.29, 0.717) is 13.1 Å². The van der Waals surface area contributed by atoms with Crippen molar-refractivity contribution in [2.45, 2.75) is 26.4 Å². The van der Waals surface area contributed by atoms with Crippen LogP contribution in [-0.2, 0) is 11.3 Å². The van der Waals surface area contributed by atoms with Crippen LogP contribution in [0.3, 0.4) is 0 Å². The van der Waals surface area contributed by atoms with Gasteiger partial charge in [0, 0.05) is 6.54 Å². The van der Waals surface area contributed by atoms with Gasteiger partial charge in [0.25, 0.3) is 0 Å². The highest BCUT2D eigenvalue weighted by Crippen LogP contribution is 2.08. The topological polar surface area (TPSA) is 20.3 Å². The van der Waals surface area contributed by atoms with Crippen LogP contribution in [0.25, 0.3) is 0 Å². The molecule has 0 spiro atoms. The van der Waals surface area contributed by atoms with Crippen LogP contribution in [-0.4, -0.2) is 23.3 Å². The van der Waals surface area contributed by atoms with E-state index in [-0.39, 0.29) is 11.8 Å². The van der Waals surface area contributed by atoms with Crippen LogP contribution in [0.2, 0.25) is 0 Å². The van der Waals surface area contributed by atoms with E-state index >= 15 is 0 Å². The Kier molecular flexibility index (Phi) is 4.75. The lowest BCUT2D eigenvalue weighted by atomic mass is 10.1. The smallest absolute Gasteiger partial charge is 0.146 e. The molecule has 0 fully saturated rings. The summed E-state index contributed by atoms with van der Waals surface area (Å²) in [4.78, 5) is 13.3. The summed E-state index contributed by atoms with van der Waals surface area (Å²) in [7, 11) is 0. The van der Waals surface area contributed by atoms with Crippen molar-refractivity contribution in [3.05, 3.63) is 35.9 Å². The van der Waals surface area contributed by atoms with Gasteiger partial charge in [-0.15, -0.1) is 6.42 Å². The number of hydrogen-bond acceptors (Lipinski definition) is 2. The summed E-state index contributed by atoms with van der Waals surface area (Å²) >= 11 is 0. The van der Waals surface area contributed by atoms with Gasteiger partial charge in [-0.25, -0.2) is 0 Å². The van der Waals surface area contributed by atoms with Crippen molar-refractivity contribution in [2.24, 2.45) is 0 Å². The SMILES string of the molecule is C#CCN(Cc1ccccc1)C(C)C(C)=O. The zero-order valence-corrected chi connectivity index (χ0v) is 9.81. The lowest BCUT2D eigenvalue weighted by molar-refractivity contribution is -0.121. The number of nitrogens with zero attached hydrogens (tertiary/aromatic N) is 1. The molecule has 0 aliphatic rings. The summed E-state index contributed by atoms with van der Waals surface area (Å²) in [5.41, 5.74) is 1.17. The third kappa shape index (κ3) is 3.52. The minimum absolute atomic E-state index is 0.128.